The number of nitrogens with one attached hydrogen (secondary N) is 1. The lowest BCUT2D eigenvalue weighted by atomic mass is 9.99. The van der Waals surface area contributed by atoms with E-state index in [1.807, 2.05) is 0 Å². The Kier molecular flexibility index (Phi) is 10.2. The highest BCUT2D eigenvalue weighted by Gasteiger charge is 2.30. The van der Waals surface area contributed by atoms with Crippen molar-refractivity contribution in [2.24, 2.45) is 0 Å². The van der Waals surface area contributed by atoms with Gasteiger partial charge in [-0.05, 0) is 31.5 Å². The second-order valence-corrected chi connectivity index (χ2v) is 5.96. The zero-order valence-electron chi connectivity index (χ0n) is 17.1. The van der Waals surface area contributed by atoms with Crippen LogP contribution in [0.1, 0.15) is 38.2 Å². The summed E-state index contributed by atoms with van der Waals surface area (Å²) in [6.45, 7) is 3.87. The molecule has 160 valence electrons. The lowest BCUT2D eigenvalue weighted by Crippen LogP contribution is -2.28. The fraction of sp³-hybridized carbons (Fsp3) is 0.500. The molecule has 0 radical (unpaired) electrons. The minimum Gasteiger partial charge on any atom is -0.468 e. The highest BCUT2D eigenvalue weighted by atomic mass is 16.5. The van der Waals surface area contributed by atoms with Gasteiger partial charge in [-0.25, -0.2) is 0 Å². The van der Waals surface area contributed by atoms with E-state index in [2.05, 4.69) is 14.8 Å². The second-order valence-electron chi connectivity index (χ2n) is 5.96. The van der Waals surface area contributed by atoms with Crippen LogP contribution < -0.4 is 5.32 Å². The second kappa shape index (κ2) is 12.4. The van der Waals surface area contributed by atoms with Crippen molar-refractivity contribution in [3.05, 3.63) is 29.8 Å². The zero-order valence-corrected chi connectivity index (χ0v) is 17.1. The van der Waals surface area contributed by atoms with Crippen LogP contribution >= 0.6 is 0 Å². The molecular weight excluding hydrogens is 382 g/mol. The molecule has 1 rings (SSSR count). The van der Waals surface area contributed by atoms with Crippen LogP contribution in [0, 0.1) is 0 Å². The quantitative estimate of drug-likeness (QED) is 0.332. The Balaban J connectivity index is 2.95. The normalized spacial score (nSPS) is 10.4. The molecule has 0 amide bonds. The third-order valence-electron chi connectivity index (χ3n) is 3.93. The maximum absolute atomic E-state index is 11.9. The van der Waals surface area contributed by atoms with E-state index in [0.717, 1.165) is 0 Å². The summed E-state index contributed by atoms with van der Waals surface area (Å²) in [5.74, 6) is -3.56. The number of methoxy groups -OCH3 is 2. The Labute approximate surface area is 169 Å². The van der Waals surface area contributed by atoms with Crippen molar-refractivity contribution in [1.29, 1.82) is 0 Å². The van der Waals surface area contributed by atoms with Crippen LogP contribution in [0.3, 0.4) is 0 Å². The minimum absolute atomic E-state index is 0.0264. The van der Waals surface area contributed by atoms with E-state index >= 15 is 0 Å². The molecule has 1 aromatic rings. The van der Waals surface area contributed by atoms with Gasteiger partial charge in [0.05, 0.1) is 40.3 Å². The number of hydrogen-bond acceptors (Lipinski definition) is 9. The summed E-state index contributed by atoms with van der Waals surface area (Å²) in [4.78, 5) is 47.5. The van der Waals surface area contributed by atoms with Gasteiger partial charge >= 0.3 is 23.9 Å². The Morgan fingerprint density at radius 1 is 0.828 bits per heavy atom. The van der Waals surface area contributed by atoms with E-state index in [-0.39, 0.29) is 26.1 Å². The molecule has 0 fully saturated rings. The van der Waals surface area contributed by atoms with Crippen LogP contribution in [0.15, 0.2) is 24.3 Å². The third-order valence-corrected chi connectivity index (χ3v) is 3.93. The molecule has 0 bridgehead atoms. The molecule has 1 N–H and O–H groups in total. The van der Waals surface area contributed by atoms with Gasteiger partial charge in [0.2, 0.25) is 0 Å². The molecule has 9 nitrogen and oxygen atoms in total. The molecular formula is C20H27NO8. The first-order chi connectivity index (χ1) is 13.9. The van der Waals surface area contributed by atoms with Crippen molar-refractivity contribution in [3.8, 4) is 0 Å². The number of rotatable bonds is 11. The molecule has 0 saturated heterocycles. The van der Waals surface area contributed by atoms with Crippen LogP contribution in [-0.2, 0) is 38.1 Å². The van der Waals surface area contributed by atoms with Crippen LogP contribution in [0.5, 0.6) is 0 Å². The fourth-order valence-electron chi connectivity index (χ4n) is 2.63. The molecule has 0 aromatic heterocycles. The van der Waals surface area contributed by atoms with Crippen LogP contribution in [-0.4, -0.2) is 57.4 Å². The monoisotopic (exact) mass is 409 g/mol. The van der Waals surface area contributed by atoms with Gasteiger partial charge in [-0.1, -0.05) is 12.1 Å². The summed E-state index contributed by atoms with van der Waals surface area (Å²) in [6.07, 6.45) is -0.0529. The van der Waals surface area contributed by atoms with Crippen molar-refractivity contribution < 1.29 is 38.1 Å². The highest BCUT2D eigenvalue weighted by molar-refractivity contribution is 6.00. The smallest absolute Gasteiger partial charge is 0.324 e. The lowest BCUT2D eigenvalue weighted by Gasteiger charge is -2.19. The number of benzene rings is 1. The molecule has 29 heavy (non-hydrogen) atoms. The number of carbonyl (C=O) groups is 4. The lowest BCUT2D eigenvalue weighted by molar-refractivity contribution is -0.154. The Morgan fingerprint density at radius 2 is 1.28 bits per heavy atom. The highest BCUT2D eigenvalue weighted by Crippen LogP contribution is 2.22. The third kappa shape index (κ3) is 7.81. The molecule has 0 aliphatic rings. The molecule has 9 heteroatoms. The number of anilines is 1. The summed E-state index contributed by atoms with van der Waals surface area (Å²) in [5.41, 5.74) is 0.974. The van der Waals surface area contributed by atoms with E-state index in [9.17, 15) is 19.2 Å². The van der Waals surface area contributed by atoms with E-state index in [1.54, 1.807) is 38.1 Å². The van der Waals surface area contributed by atoms with Gasteiger partial charge in [-0.3, -0.25) is 19.2 Å². The first-order valence-electron chi connectivity index (χ1n) is 9.19. The van der Waals surface area contributed by atoms with Crippen molar-refractivity contribution >= 4 is 29.6 Å². The van der Waals surface area contributed by atoms with Crippen LogP contribution in [0.4, 0.5) is 5.69 Å². The SMILES string of the molecule is CCOC(=O)CC(CC(=O)OCC)Nc1ccc(C(C(=O)OC)C(=O)OC)cc1. The first-order valence-corrected chi connectivity index (χ1v) is 9.19. The largest absolute Gasteiger partial charge is 0.468 e. The van der Waals surface area contributed by atoms with Crippen molar-refractivity contribution in [2.75, 3.05) is 32.8 Å². The Hall–Kier alpha value is -3.10. The van der Waals surface area contributed by atoms with Gasteiger partial charge in [0.25, 0.3) is 0 Å². The van der Waals surface area contributed by atoms with Crippen LogP contribution in [0.25, 0.3) is 0 Å². The van der Waals surface area contributed by atoms with Gasteiger partial charge in [0.15, 0.2) is 5.92 Å². The van der Waals surface area contributed by atoms with E-state index in [4.69, 9.17) is 9.47 Å². The summed E-state index contributed by atoms with van der Waals surface area (Å²) in [5, 5.41) is 3.08. The van der Waals surface area contributed by atoms with Crippen molar-refractivity contribution in [1.82, 2.24) is 0 Å². The van der Waals surface area contributed by atoms with E-state index in [1.165, 1.54) is 14.2 Å². The average Bonchev–Trinajstić information content (AvgIpc) is 2.69. The molecule has 0 atom stereocenters. The summed E-state index contributed by atoms with van der Waals surface area (Å²) < 4.78 is 19.2. The predicted octanol–water partition coefficient (Wildman–Crippen LogP) is 1.80. The molecule has 1 aromatic carbocycles. The molecule has 0 heterocycles. The summed E-state index contributed by atoms with van der Waals surface area (Å²) in [7, 11) is 2.37. The fourth-order valence-corrected chi connectivity index (χ4v) is 2.63. The van der Waals surface area contributed by atoms with Gasteiger partial charge in [0, 0.05) is 11.7 Å². The number of ether oxygens (including phenoxy) is 4. The van der Waals surface area contributed by atoms with Gasteiger partial charge in [0.1, 0.15) is 0 Å². The Morgan fingerprint density at radius 3 is 1.66 bits per heavy atom. The van der Waals surface area contributed by atoms with Crippen molar-refractivity contribution in [2.45, 2.75) is 38.6 Å². The van der Waals surface area contributed by atoms with E-state index in [0.29, 0.717) is 11.3 Å². The maximum Gasteiger partial charge on any atom is 0.324 e. The van der Waals surface area contributed by atoms with Crippen molar-refractivity contribution in [3.63, 3.8) is 0 Å². The predicted molar refractivity (Wildman–Crippen MR) is 103 cm³/mol. The standard InChI is InChI=1S/C20H27NO8/c1-5-28-16(22)11-15(12-17(23)29-6-2)21-14-9-7-13(8-10-14)18(19(24)26-3)20(25)27-4/h7-10,15,18,21H,5-6,11-12H2,1-4H3. The number of esters is 4. The molecule has 0 saturated carbocycles. The van der Waals surface area contributed by atoms with Gasteiger partial charge in [-0.2, -0.15) is 0 Å². The molecule has 0 unspecified atom stereocenters. The molecule has 0 spiro atoms. The summed E-state index contributed by atoms with van der Waals surface area (Å²) in [6, 6.07) is 5.82. The number of carbonyl (C=O) groups excluding carboxylic acids is 4. The maximum atomic E-state index is 11.9. The van der Waals surface area contributed by atoms with Gasteiger partial charge < -0.3 is 24.3 Å². The number of hydrogen-bond donors (Lipinski definition) is 1. The van der Waals surface area contributed by atoms with Crippen LogP contribution in [0.2, 0.25) is 0 Å². The zero-order chi connectivity index (χ0) is 21.8. The first kappa shape index (κ1) is 23.9. The molecule has 0 aliphatic heterocycles. The summed E-state index contributed by atoms with van der Waals surface area (Å²) >= 11 is 0. The van der Waals surface area contributed by atoms with Gasteiger partial charge in [-0.15, -0.1) is 0 Å². The minimum atomic E-state index is -1.20. The topological polar surface area (TPSA) is 117 Å². The average molecular weight is 409 g/mol. The van der Waals surface area contributed by atoms with E-state index < -0.39 is 35.8 Å². The molecule has 0 aliphatic carbocycles. The Bertz CT molecular complexity index is 665.